The van der Waals surface area contributed by atoms with Crippen LogP contribution >= 0.6 is 0 Å². The molecule has 2 unspecified atom stereocenters. The summed E-state index contributed by atoms with van der Waals surface area (Å²) in [5, 5.41) is 3.85. The number of carbonyl (C=O) groups is 2. The van der Waals surface area contributed by atoms with Crippen LogP contribution in [0.1, 0.15) is 51.4 Å². The van der Waals surface area contributed by atoms with Crippen molar-refractivity contribution in [1.29, 1.82) is 0 Å². The molecular weight excluding hydrogens is 386 g/mol. The topological polar surface area (TPSA) is 111 Å². The first-order valence-electron chi connectivity index (χ1n) is 10.3. The molecule has 0 aromatic heterocycles. The largest absolute Gasteiger partial charge is 0.467 e. The Kier molecular flexibility index (Phi) is 7.87. The highest BCUT2D eigenvalue weighted by atomic mass is 16.6. The second kappa shape index (κ2) is 9.96. The van der Waals surface area contributed by atoms with Gasteiger partial charge in [-0.3, -0.25) is 0 Å². The van der Waals surface area contributed by atoms with Gasteiger partial charge in [0.2, 0.25) is 0 Å². The van der Waals surface area contributed by atoms with E-state index in [9.17, 15) is 9.59 Å². The van der Waals surface area contributed by atoms with Gasteiger partial charge in [-0.15, -0.1) is 0 Å². The molecule has 1 saturated heterocycles. The molecule has 0 radical (unpaired) electrons. The van der Waals surface area contributed by atoms with Crippen molar-refractivity contribution < 1.29 is 23.8 Å². The van der Waals surface area contributed by atoms with Crippen molar-refractivity contribution in [3.8, 4) is 0 Å². The monoisotopic (exact) mass is 417 g/mol. The van der Waals surface area contributed by atoms with E-state index < -0.39 is 35.8 Å². The van der Waals surface area contributed by atoms with Gasteiger partial charge in [0.1, 0.15) is 6.10 Å². The summed E-state index contributed by atoms with van der Waals surface area (Å²) in [6, 6.07) is 8.02. The van der Waals surface area contributed by atoms with Gasteiger partial charge in [0, 0.05) is 4.91 Å². The van der Waals surface area contributed by atoms with Crippen molar-refractivity contribution in [2.45, 2.75) is 64.9 Å². The second-order valence-electron chi connectivity index (χ2n) is 8.17. The van der Waals surface area contributed by atoms with Crippen molar-refractivity contribution in [1.82, 2.24) is 0 Å². The summed E-state index contributed by atoms with van der Waals surface area (Å²) in [6.07, 6.45) is -0.407. The molecule has 8 heteroatoms. The van der Waals surface area contributed by atoms with E-state index in [4.69, 9.17) is 19.7 Å². The number of hydrogen-bond acceptors (Lipinski definition) is 6. The van der Waals surface area contributed by atoms with E-state index in [1.165, 1.54) is 7.11 Å². The SMILES string of the molecule is CC[C@@H](C)[C@@H](OC(=O)c1ccccc1)C1O[C@@](C)(C(=O)OC)C(N=[N+]=[N-])[C@@H](C)[C@H]1C. The Bertz CT molecular complexity index is 795. The summed E-state index contributed by atoms with van der Waals surface area (Å²) < 4.78 is 17.2. The Morgan fingerprint density at radius 1 is 1.27 bits per heavy atom. The minimum absolute atomic E-state index is 0.0183. The normalized spacial score (nSPS) is 30.5. The lowest BCUT2D eigenvalue weighted by Crippen LogP contribution is -2.63. The number of ether oxygens (including phenoxy) is 3. The highest BCUT2D eigenvalue weighted by Gasteiger charge is 2.56. The molecule has 1 fully saturated rings. The molecule has 0 amide bonds. The Morgan fingerprint density at radius 2 is 1.90 bits per heavy atom. The van der Waals surface area contributed by atoms with Gasteiger partial charge in [-0.1, -0.05) is 51.0 Å². The number of azide groups is 1. The fourth-order valence-corrected chi connectivity index (χ4v) is 4.06. The van der Waals surface area contributed by atoms with Crippen LogP contribution in [0.2, 0.25) is 0 Å². The first kappa shape index (κ1) is 23.7. The lowest BCUT2D eigenvalue weighted by atomic mass is 9.72. The van der Waals surface area contributed by atoms with E-state index >= 15 is 0 Å². The van der Waals surface area contributed by atoms with Crippen molar-refractivity contribution in [3.63, 3.8) is 0 Å². The number of methoxy groups -OCH3 is 1. The summed E-state index contributed by atoms with van der Waals surface area (Å²) in [6.45, 7) is 9.43. The molecule has 30 heavy (non-hydrogen) atoms. The molecule has 0 aliphatic carbocycles. The molecule has 1 aromatic carbocycles. The minimum atomic E-state index is -1.48. The van der Waals surface area contributed by atoms with Crippen molar-refractivity contribution in [3.05, 3.63) is 46.3 Å². The molecule has 0 spiro atoms. The Morgan fingerprint density at radius 3 is 2.43 bits per heavy atom. The first-order chi connectivity index (χ1) is 14.2. The zero-order chi connectivity index (χ0) is 22.5. The van der Waals surface area contributed by atoms with E-state index in [0.717, 1.165) is 6.42 Å². The smallest absolute Gasteiger partial charge is 0.338 e. The summed E-state index contributed by atoms with van der Waals surface area (Å²) >= 11 is 0. The summed E-state index contributed by atoms with van der Waals surface area (Å²) in [7, 11) is 1.27. The zero-order valence-electron chi connectivity index (χ0n) is 18.4. The summed E-state index contributed by atoms with van der Waals surface area (Å²) in [4.78, 5) is 28.3. The highest BCUT2D eigenvalue weighted by Crippen LogP contribution is 2.43. The number of carbonyl (C=O) groups excluding carboxylic acids is 2. The van der Waals surface area contributed by atoms with Crippen LogP contribution in [0, 0.1) is 17.8 Å². The lowest BCUT2D eigenvalue weighted by molar-refractivity contribution is -0.223. The molecular formula is C22H31N3O5. The molecule has 0 saturated carbocycles. The molecule has 0 N–H and O–H groups in total. The summed E-state index contributed by atoms with van der Waals surface area (Å²) in [5.41, 5.74) is 8.00. The van der Waals surface area contributed by atoms with Gasteiger partial charge >= 0.3 is 11.9 Å². The maximum absolute atomic E-state index is 12.8. The third kappa shape index (κ3) is 4.60. The third-order valence-corrected chi connectivity index (χ3v) is 6.34. The first-order valence-corrected chi connectivity index (χ1v) is 10.3. The molecule has 8 nitrogen and oxygen atoms in total. The molecule has 1 aliphatic heterocycles. The number of benzene rings is 1. The van der Waals surface area contributed by atoms with Crippen LogP contribution < -0.4 is 0 Å². The molecule has 2 rings (SSSR count). The quantitative estimate of drug-likeness (QED) is 0.280. The van der Waals surface area contributed by atoms with E-state index in [2.05, 4.69) is 10.0 Å². The van der Waals surface area contributed by atoms with E-state index in [0.29, 0.717) is 5.56 Å². The average molecular weight is 418 g/mol. The van der Waals surface area contributed by atoms with Gasteiger partial charge in [0.15, 0.2) is 5.60 Å². The molecule has 1 heterocycles. The lowest BCUT2D eigenvalue weighted by Gasteiger charge is -2.50. The maximum atomic E-state index is 12.8. The molecule has 0 bridgehead atoms. The third-order valence-electron chi connectivity index (χ3n) is 6.34. The van der Waals surface area contributed by atoms with E-state index in [-0.39, 0.29) is 17.8 Å². The number of nitrogens with zero attached hydrogens (tertiary/aromatic N) is 3. The maximum Gasteiger partial charge on any atom is 0.338 e. The van der Waals surface area contributed by atoms with Gasteiger partial charge in [0.25, 0.3) is 0 Å². The number of hydrogen-bond donors (Lipinski definition) is 0. The summed E-state index contributed by atoms with van der Waals surface area (Å²) in [5.74, 6) is -1.43. The van der Waals surface area contributed by atoms with Crippen LogP contribution in [0.5, 0.6) is 0 Å². The van der Waals surface area contributed by atoms with Gasteiger partial charge < -0.3 is 14.2 Å². The van der Waals surface area contributed by atoms with E-state index in [1.807, 2.05) is 33.8 Å². The predicted molar refractivity (Wildman–Crippen MR) is 112 cm³/mol. The minimum Gasteiger partial charge on any atom is -0.467 e. The predicted octanol–water partition coefficient (Wildman–Crippen LogP) is 4.54. The van der Waals surface area contributed by atoms with Crippen LogP contribution in [0.4, 0.5) is 0 Å². The molecule has 1 aromatic rings. The Balaban J connectivity index is 2.43. The highest BCUT2D eigenvalue weighted by molar-refractivity contribution is 5.89. The van der Waals surface area contributed by atoms with E-state index in [1.54, 1.807) is 31.2 Å². The zero-order valence-corrected chi connectivity index (χ0v) is 18.4. The van der Waals surface area contributed by atoms with Crippen LogP contribution in [0.3, 0.4) is 0 Å². The van der Waals surface area contributed by atoms with Crippen molar-refractivity contribution >= 4 is 11.9 Å². The second-order valence-corrected chi connectivity index (χ2v) is 8.17. The Labute approximate surface area is 177 Å². The van der Waals surface area contributed by atoms with Crippen molar-refractivity contribution in [2.24, 2.45) is 22.9 Å². The van der Waals surface area contributed by atoms with Crippen LogP contribution in [-0.4, -0.2) is 42.9 Å². The van der Waals surface area contributed by atoms with Crippen LogP contribution in [0.25, 0.3) is 10.4 Å². The molecule has 7 atom stereocenters. The number of rotatable bonds is 7. The van der Waals surface area contributed by atoms with Crippen LogP contribution in [0.15, 0.2) is 35.4 Å². The van der Waals surface area contributed by atoms with Gasteiger partial charge in [-0.05, 0) is 48.8 Å². The number of esters is 2. The van der Waals surface area contributed by atoms with Crippen molar-refractivity contribution in [2.75, 3.05) is 7.11 Å². The van der Waals surface area contributed by atoms with Gasteiger partial charge in [-0.25, -0.2) is 9.59 Å². The average Bonchev–Trinajstić information content (AvgIpc) is 2.77. The van der Waals surface area contributed by atoms with Gasteiger partial charge in [-0.2, -0.15) is 0 Å². The molecule has 164 valence electrons. The standard InChI is InChI=1S/C22H31N3O5/c1-7-13(2)17(29-20(26)16-11-9-8-10-12-16)18-14(3)15(4)19(24-25-23)22(5,30-18)21(27)28-6/h8-15,17-19H,7H2,1-6H3/t13-,14-,15+,17-,18?,19?,22-/m1/s1. The molecule has 1 aliphatic rings. The fraction of sp³-hybridized carbons (Fsp3) is 0.636. The van der Waals surface area contributed by atoms with Gasteiger partial charge in [0.05, 0.1) is 24.8 Å². The fourth-order valence-electron chi connectivity index (χ4n) is 4.06. The van der Waals surface area contributed by atoms with Crippen LogP contribution in [-0.2, 0) is 19.0 Å². The Hall–Kier alpha value is -2.57.